The number of hydrogen-bond acceptors (Lipinski definition) is 5. The minimum atomic E-state index is 0.00140. The van der Waals surface area contributed by atoms with E-state index >= 15 is 0 Å². The molecular weight excluding hydrogens is 326 g/mol. The second-order valence-electron chi connectivity index (χ2n) is 7.00. The Labute approximate surface area is 155 Å². The van der Waals surface area contributed by atoms with Gasteiger partial charge in [-0.2, -0.15) is 0 Å². The van der Waals surface area contributed by atoms with Crippen molar-refractivity contribution in [2.45, 2.75) is 0 Å². The SMILES string of the molecule is CN(C)CCN1CCN(C(=O)c2cccnc2N(C)C)c2ccccc21. The summed E-state index contributed by atoms with van der Waals surface area (Å²) in [5.41, 5.74) is 2.72. The molecule has 0 aliphatic carbocycles. The molecule has 6 nitrogen and oxygen atoms in total. The molecular formula is C20H27N5O. The van der Waals surface area contributed by atoms with Crippen LogP contribution in [0.1, 0.15) is 10.4 Å². The number of amides is 1. The van der Waals surface area contributed by atoms with Crippen molar-refractivity contribution < 1.29 is 4.79 Å². The lowest BCUT2D eigenvalue weighted by Crippen LogP contribution is -2.46. The maximum atomic E-state index is 13.3. The fourth-order valence-electron chi connectivity index (χ4n) is 3.25. The van der Waals surface area contributed by atoms with E-state index in [2.05, 4.69) is 34.9 Å². The van der Waals surface area contributed by atoms with Gasteiger partial charge in [-0.05, 0) is 38.4 Å². The number of carbonyl (C=O) groups is 1. The predicted molar refractivity (Wildman–Crippen MR) is 107 cm³/mol. The van der Waals surface area contributed by atoms with Crippen molar-refractivity contribution in [1.82, 2.24) is 9.88 Å². The van der Waals surface area contributed by atoms with E-state index in [9.17, 15) is 4.79 Å². The average molecular weight is 353 g/mol. The summed E-state index contributed by atoms with van der Waals surface area (Å²) in [5, 5.41) is 0. The van der Waals surface area contributed by atoms with Crippen LogP contribution in [0.5, 0.6) is 0 Å². The van der Waals surface area contributed by atoms with Gasteiger partial charge in [0.2, 0.25) is 0 Å². The van der Waals surface area contributed by atoms with Crippen LogP contribution in [0, 0.1) is 0 Å². The minimum Gasteiger partial charge on any atom is -0.367 e. The zero-order chi connectivity index (χ0) is 18.7. The van der Waals surface area contributed by atoms with Crippen LogP contribution in [0.3, 0.4) is 0 Å². The zero-order valence-electron chi connectivity index (χ0n) is 16.0. The van der Waals surface area contributed by atoms with Crippen molar-refractivity contribution >= 4 is 23.1 Å². The smallest absolute Gasteiger partial charge is 0.262 e. The second kappa shape index (κ2) is 7.74. The highest BCUT2D eigenvalue weighted by Crippen LogP contribution is 2.34. The summed E-state index contributed by atoms with van der Waals surface area (Å²) < 4.78 is 0. The monoisotopic (exact) mass is 353 g/mol. The molecule has 0 N–H and O–H groups in total. The van der Waals surface area contributed by atoms with Crippen molar-refractivity contribution in [3.8, 4) is 0 Å². The van der Waals surface area contributed by atoms with Gasteiger partial charge in [-0.15, -0.1) is 0 Å². The highest BCUT2D eigenvalue weighted by Gasteiger charge is 2.28. The van der Waals surface area contributed by atoms with Crippen LogP contribution >= 0.6 is 0 Å². The second-order valence-corrected chi connectivity index (χ2v) is 7.00. The number of anilines is 3. The quantitative estimate of drug-likeness (QED) is 0.824. The van der Waals surface area contributed by atoms with Crippen LogP contribution in [0.25, 0.3) is 0 Å². The molecule has 1 aliphatic heterocycles. The molecule has 0 spiro atoms. The first kappa shape index (κ1) is 18.2. The third-order valence-corrected chi connectivity index (χ3v) is 4.61. The first-order chi connectivity index (χ1) is 12.5. The highest BCUT2D eigenvalue weighted by atomic mass is 16.2. The first-order valence-electron chi connectivity index (χ1n) is 8.92. The Morgan fingerprint density at radius 1 is 1.04 bits per heavy atom. The fourth-order valence-corrected chi connectivity index (χ4v) is 3.25. The molecule has 0 unspecified atom stereocenters. The zero-order valence-corrected chi connectivity index (χ0v) is 16.0. The molecule has 1 aromatic carbocycles. The predicted octanol–water partition coefficient (Wildman–Crippen LogP) is 2.18. The number of rotatable bonds is 5. The standard InChI is InChI=1S/C20H27N5O/c1-22(2)12-13-24-14-15-25(18-10-6-5-9-17(18)24)20(26)16-8-7-11-21-19(16)23(3)4/h5-11H,12-15H2,1-4H3. The summed E-state index contributed by atoms with van der Waals surface area (Å²) in [6, 6.07) is 11.8. The molecule has 1 aromatic heterocycles. The van der Waals surface area contributed by atoms with Crippen LogP contribution in [0.2, 0.25) is 0 Å². The summed E-state index contributed by atoms with van der Waals surface area (Å²) in [4.78, 5) is 26.0. The average Bonchev–Trinajstić information content (AvgIpc) is 2.65. The van der Waals surface area contributed by atoms with Gasteiger partial charge in [-0.25, -0.2) is 4.98 Å². The van der Waals surface area contributed by atoms with Gasteiger partial charge in [0, 0.05) is 46.5 Å². The number of para-hydroxylation sites is 2. The molecule has 26 heavy (non-hydrogen) atoms. The van der Waals surface area contributed by atoms with Gasteiger partial charge in [0.25, 0.3) is 5.91 Å². The third kappa shape index (κ3) is 3.65. The lowest BCUT2D eigenvalue weighted by molar-refractivity contribution is 0.0987. The normalized spacial score (nSPS) is 13.7. The Morgan fingerprint density at radius 3 is 2.46 bits per heavy atom. The summed E-state index contributed by atoms with van der Waals surface area (Å²) in [6.45, 7) is 3.43. The van der Waals surface area contributed by atoms with E-state index in [0.29, 0.717) is 17.9 Å². The van der Waals surface area contributed by atoms with Crippen molar-refractivity contribution in [1.29, 1.82) is 0 Å². The lowest BCUT2D eigenvalue weighted by Gasteiger charge is -2.38. The van der Waals surface area contributed by atoms with Crippen LogP contribution < -0.4 is 14.7 Å². The van der Waals surface area contributed by atoms with Crippen molar-refractivity contribution in [3.63, 3.8) is 0 Å². The van der Waals surface area contributed by atoms with Gasteiger partial charge in [0.15, 0.2) is 0 Å². The molecule has 0 saturated heterocycles. The van der Waals surface area contributed by atoms with E-state index in [1.165, 1.54) is 0 Å². The van der Waals surface area contributed by atoms with Gasteiger partial charge >= 0.3 is 0 Å². The van der Waals surface area contributed by atoms with Gasteiger partial charge in [0.1, 0.15) is 5.82 Å². The topological polar surface area (TPSA) is 42.9 Å². The number of carbonyl (C=O) groups excluding carboxylic acids is 1. The summed E-state index contributed by atoms with van der Waals surface area (Å²) >= 11 is 0. The lowest BCUT2D eigenvalue weighted by atomic mass is 10.1. The molecule has 138 valence electrons. The molecule has 2 aromatic rings. The van der Waals surface area contributed by atoms with Gasteiger partial charge < -0.3 is 19.6 Å². The molecule has 3 rings (SSSR count). The van der Waals surface area contributed by atoms with Crippen molar-refractivity contribution in [2.24, 2.45) is 0 Å². The first-order valence-corrected chi connectivity index (χ1v) is 8.92. The number of likely N-dealkylation sites (N-methyl/N-ethyl adjacent to an activating group) is 1. The molecule has 0 fully saturated rings. The molecule has 6 heteroatoms. The maximum absolute atomic E-state index is 13.3. The summed E-state index contributed by atoms with van der Waals surface area (Å²) in [6.07, 6.45) is 1.72. The number of pyridine rings is 1. The third-order valence-electron chi connectivity index (χ3n) is 4.61. The maximum Gasteiger partial charge on any atom is 0.262 e. The van der Waals surface area contributed by atoms with Gasteiger partial charge in [-0.3, -0.25) is 4.79 Å². The highest BCUT2D eigenvalue weighted by molar-refractivity contribution is 6.11. The van der Waals surface area contributed by atoms with Crippen LogP contribution in [0.15, 0.2) is 42.6 Å². The number of benzene rings is 1. The van der Waals surface area contributed by atoms with Crippen LogP contribution in [0.4, 0.5) is 17.2 Å². The fraction of sp³-hybridized carbons (Fsp3) is 0.400. The number of nitrogens with zero attached hydrogens (tertiary/aromatic N) is 5. The van der Waals surface area contributed by atoms with Gasteiger partial charge in [-0.1, -0.05) is 12.1 Å². The molecule has 1 aliphatic rings. The van der Waals surface area contributed by atoms with E-state index in [-0.39, 0.29) is 5.91 Å². The Morgan fingerprint density at radius 2 is 1.77 bits per heavy atom. The molecule has 0 atom stereocenters. The Kier molecular flexibility index (Phi) is 5.42. The van der Waals surface area contributed by atoms with E-state index in [1.807, 2.05) is 54.2 Å². The number of aromatic nitrogens is 1. The van der Waals surface area contributed by atoms with E-state index in [4.69, 9.17) is 0 Å². The van der Waals surface area contributed by atoms with E-state index in [0.717, 1.165) is 31.0 Å². The molecule has 0 radical (unpaired) electrons. The number of hydrogen-bond donors (Lipinski definition) is 0. The largest absolute Gasteiger partial charge is 0.367 e. The van der Waals surface area contributed by atoms with E-state index in [1.54, 1.807) is 6.20 Å². The van der Waals surface area contributed by atoms with Gasteiger partial charge in [0.05, 0.1) is 16.9 Å². The van der Waals surface area contributed by atoms with Crippen molar-refractivity contribution in [2.75, 3.05) is 69.1 Å². The summed E-state index contributed by atoms with van der Waals surface area (Å²) in [7, 11) is 7.98. The molecule has 0 bridgehead atoms. The Balaban J connectivity index is 1.92. The molecule has 1 amide bonds. The van der Waals surface area contributed by atoms with E-state index < -0.39 is 0 Å². The molecule has 2 heterocycles. The van der Waals surface area contributed by atoms with Crippen LogP contribution in [-0.4, -0.2) is 70.2 Å². The number of fused-ring (bicyclic) bond motifs is 1. The minimum absolute atomic E-state index is 0.00140. The Hall–Kier alpha value is -2.60. The molecule has 0 saturated carbocycles. The Bertz CT molecular complexity index is 774. The van der Waals surface area contributed by atoms with Crippen LogP contribution in [-0.2, 0) is 0 Å². The van der Waals surface area contributed by atoms with Crippen molar-refractivity contribution in [3.05, 3.63) is 48.2 Å². The summed E-state index contributed by atoms with van der Waals surface area (Å²) in [5.74, 6) is 0.700.